The normalized spacial score (nSPS) is 13.6. The predicted octanol–water partition coefficient (Wildman–Crippen LogP) is 23.9. The van der Waals surface area contributed by atoms with Crippen molar-refractivity contribution in [2.45, 2.75) is 354 Å². The molecule has 0 amide bonds. The van der Waals surface area contributed by atoms with Crippen molar-refractivity contribution in [3.8, 4) is 0 Å². The van der Waals surface area contributed by atoms with Crippen LogP contribution in [0, 0.1) is 0 Å². The van der Waals surface area contributed by atoms with Gasteiger partial charge in [-0.25, -0.2) is 0 Å². The number of quaternary nitrogens is 1. The summed E-state index contributed by atoms with van der Waals surface area (Å²) in [5.74, 6) is -0.826. The molecule has 0 rings (SSSR count). The number of phosphoric ester groups is 1. The topological polar surface area (TPSA) is 111 Å². The molecule has 512 valence electrons. The van der Waals surface area contributed by atoms with Gasteiger partial charge in [0.25, 0.3) is 7.82 Å². The van der Waals surface area contributed by atoms with Gasteiger partial charge >= 0.3 is 11.9 Å². The van der Waals surface area contributed by atoms with Gasteiger partial charge < -0.3 is 27.9 Å². The second kappa shape index (κ2) is 68.6. The van der Waals surface area contributed by atoms with E-state index in [0.717, 1.165) is 83.5 Å². The Morgan fingerprint density at radius 2 is 0.648 bits per heavy atom. The van der Waals surface area contributed by atoms with Crippen molar-refractivity contribution in [3.63, 3.8) is 0 Å². The Bertz CT molecular complexity index is 1760. The van der Waals surface area contributed by atoms with Crippen LogP contribution >= 0.6 is 7.82 Å². The molecular formula is C78H142NO8P. The van der Waals surface area contributed by atoms with Gasteiger partial charge in [-0.15, -0.1) is 0 Å². The number of rotatable bonds is 69. The Morgan fingerprint density at radius 1 is 0.364 bits per heavy atom. The van der Waals surface area contributed by atoms with Gasteiger partial charge in [-0.2, -0.15) is 0 Å². The lowest BCUT2D eigenvalue weighted by Gasteiger charge is -2.28. The van der Waals surface area contributed by atoms with Crippen LogP contribution < -0.4 is 4.89 Å². The maximum absolute atomic E-state index is 12.9. The Labute approximate surface area is 545 Å². The van der Waals surface area contributed by atoms with Crippen LogP contribution in [0.5, 0.6) is 0 Å². The van der Waals surface area contributed by atoms with Crippen LogP contribution in [-0.4, -0.2) is 70.0 Å². The molecule has 0 aromatic rings. The minimum Gasteiger partial charge on any atom is -0.756 e. The van der Waals surface area contributed by atoms with E-state index in [1.807, 2.05) is 21.1 Å². The Kier molecular flexibility index (Phi) is 66.4. The number of unbranched alkanes of at least 4 members (excludes halogenated alkanes) is 41. The first kappa shape index (κ1) is 85.2. The number of likely N-dealkylation sites (N-methyl/N-ethyl adjacent to an activating group) is 1. The van der Waals surface area contributed by atoms with E-state index in [0.29, 0.717) is 17.4 Å². The third-order valence-corrected chi connectivity index (χ3v) is 17.4. The quantitative estimate of drug-likeness (QED) is 0.0195. The van der Waals surface area contributed by atoms with Gasteiger partial charge in [0.15, 0.2) is 6.10 Å². The number of esters is 2. The molecule has 0 aromatic carbocycles. The van der Waals surface area contributed by atoms with E-state index in [-0.39, 0.29) is 32.0 Å². The summed E-state index contributed by atoms with van der Waals surface area (Å²) < 4.78 is 34.3. The number of ether oxygens (including phenoxy) is 2. The minimum absolute atomic E-state index is 0.0327. The highest BCUT2D eigenvalue weighted by atomic mass is 31.2. The number of allylic oxidation sites excluding steroid dienone is 14. The van der Waals surface area contributed by atoms with Crippen LogP contribution in [0.3, 0.4) is 0 Å². The first-order valence-corrected chi connectivity index (χ1v) is 38.8. The lowest BCUT2D eigenvalue weighted by atomic mass is 10.0. The van der Waals surface area contributed by atoms with Gasteiger partial charge in [0.05, 0.1) is 27.7 Å². The molecule has 0 heterocycles. The lowest BCUT2D eigenvalue weighted by Crippen LogP contribution is -2.37. The number of hydrogen-bond donors (Lipinski definition) is 0. The van der Waals surface area contributed by atoms with Crippen LogP contribution in [0.2, 0.25) is 0 Å². The summed E-state index contributed by atoms with van der Waals surface area (Å²) in [5.41, 5.74) is 0. The summed E-state index contributed by atoms with van der Waals surface area (Å²) in [7, 11) is 1.17. The van der Waals surface area contributed by atoms with E-state index in [2.05, 4.69) is 98.9 Å². The van der Waals surface area contributed by atoms with Crippen molar-refractivity contribution in [3.05, 3.63) is 85.1 Å². The molecule has 9 nitrogen and oxygen atoms in total. The van der Waals surface area contributed by atoms with Crippen molar-refractivity contribution in [2.24, 2.45) is 0 Å². The van der Waals surface area contributed by atoms with E-state index >= 15 is 0 Å². The first-order valence-electron chi connectivity index (χ1n) is 37.3. The molecule has 0 saturated carbocycles. The van der Waals surface area contributed by atoms with Crippen LogP contribution in [0.15, 0.2) is 85.1 Å². The molecule has 0 aliphatic carbocycles. The third-order valence-electron chi connectivity index (χ3n) is 16.4. The monoisotopic (exact) mass is 1250 g/mol. The zero-order valence-corrected chi connectivity index (χ0v) is 59.3. The SMILES string of the molecule is CC/C=C\C/C=C\C/C=C\C/C=C\CCCCCCCCCCCCC(=O)OC(COC(=O)CCCCCCCCCCCCCCCCCCCCCCCCCCCC/C=C\C/C=C\C/C=C\CCCCCCC)COP(=O)([O-])OCC[N+](C)(C)C. The van der Waals surface area contributed by atoms with Crippen molar-refractivity contribution >= 4 is 19.8 Å². The molecule has 0 bridgehead atoms. The van der Waals surface area contributed by atoms with Gasteiger partial charge in [0.2, 0.25) is 0 Å². The Morgan fingerprint density at radius 3 is 0.966 bits per heavy atom. The number of carbonyl (C=O) groups is 2. The molecule has 0 spiro atoms. The maximum atomic E-state index is 12.9. The summed E-state index contributed by atoms with van der Waals surface area (Å²) in [4.78, 5) is 38.1. The summed E-state index contributed by atoms with van der Waals surface area (Å²) in [5, 5.41) is 0. The maximum Gasteiger partial charge on any atom is 0.306 e. The molecule has 0 aliphatic heterocycles. The van der Waals surface area contributed by atoms with E-state index < -0.39 is 26.5 Å². The number of nitrogens with zero attached hydrogens (tertiary/aromatic N) is 1. The zero-order valence-electron chi connectivity index (χ0n) is 58.4. The van der Waals surface area contributed by atoms with Crippen molar-refractivity contribution in [1.82, 2.24) is 0 Å². The molecule has 0 aromatic heterocycles. The van der Waals surface area contributed by atoms with Crippen LogP contribution in [0.25, 0.3) is 0 Å². The van der Waals surface area contributed by atoms with Gasteiger partial charge in [-0.1, -0.05) is 330 Å². The molecule has 2 atom stereocenters. The first-order chi connectivity index (χ1) is 43.0. The highest BCUT2D eigenvalue weighted by Crippen LogP contribution is 2.38. The summed E-state index contributed by atoms with van der Waals surface area (Å²) in [6, 6.07) is 0. The van der Waals surface area contributed by atoms with Crippen LogP contribution in [0.4, 0.5) is 0 Å². The molecule has 0 aliphatic rings. The van der Waals surface area contributed by atoms with Crippen LogP contribution in [-0.2, 0) is 32.7 Å². The number of hydrogen-bond acceptors (Lipinski definition) is 8. The van der Waals surface area contributed by atoms with Gasteiger partial charge in [0.1, 0.15) is 19.8 Å². The van der Waals surface area contributed by atoms with E-state index in [9.17, 15) is 19.0 Å². The van der Waals surface area contributed by atoms with Crippen molar-refractivity contribution < 1.29 is 42.1 Å². The van der Waals surface area contributed by atoms with Gasteiger partial charge in [-0.3, -0.25) is 14.2 Å². The molecule has 0 fully saturated rings. The summed E-state index contributed by atoms with van der Waals surface area (Å²) in [6.45, 7) is 4.15. The van der Waals surface area contributed by atoms with E-state index in [4.69, 9.17) is 18.5 Å². The predicted molar refractivity (Wildman–Crippen MR) is 379 cm³/mol. The van der Waals surface area contributed by atoms with Crippen molar-refractivity contribution in [1.29, 1.82) is 0 Å². The average Bonchev–Trinajstić information content (AvgIpc) is 3.68. The number of carbonyl (C=O) groups excluding carboxylic acids is 2. The van der Waals surface area contributed by atoms with Crippen LogP contribution in [0.1, 0.15) is 348 Å². The lowest BCUT2D eigenvalue weighted by molar-refractivity contribution is -0.870. The standard InChI is InChI=1S/C78H142NO8P/c1-6-8-10-12-14-16-18-20-22-24-26-28-30-31-32-33-34-35-36-37-38-39-40-41-42-43-44-45-46-47-49-50-52-54-56-58-60-62-64-66-68-70-77(80)84-74-76(75-86-88(82,83)85-73-72-79(3,4)5)87-78(81)71-69-67-65-63-61-59-57-55-53-51-48-29-27-25-23-21-19-17-15-13-11-9-7-2/h9,11,15,17-18,20-21,23-24,26-27,29-31,76H,6-8,10,12-14,16,19,22,25,28,32-75H2,1-5H3/b11-9-,17-15-,20-18-,23-21-,26-24-,29-27-,31-30-. The second-order valence-electron chi connectivity index (χ2n) is 26.3. The summed E-state index contributed by atoms with van der Waals surface area (Å²) >= 11 is 0. The molecule has 2 unspecified atom stereocenters. The van der Waals surface area contributed by atoms with E-state index in [1.54, 1.807) is 0 Å². The Hall–Kier alpha value is -2.81. The van der Waals surface area contributed by atoms with Gasteiger partial charge in [0, 0.05) is 12.8 Å². The van der Waals surface area contributed by atoms with Crippen molar-refractivity contribution in [2.75, 3.05) is 47.5 Å². The molecular weight excluding hydrogens is 1110 g/mol. The largest absolute Gasteiger partial charge is 0.756 e. The smallest absolute Gasteiger partial charge is 0.306 e. The number of phosphoric acid groups is 1. The minimum atomic E-state index is -4.65. The molecule has 10 heteroatoms. The highest BCUT2D eigenvalue weighted by Gasteiger charge is 2.22. The highest BCUT2D eigenvalue weighted by molar-refractivity contribution is 7.45. The second-order valence-corrected chi connectivity index (χ2v) is 27.7. The molecule has 0 saturated heterocycles. The summed E-state index contributed by atoms with van der Waals surface area (Å²) in [6.07, 6.45) is 94.1. The van der Waals surface area contributed by atoms with E-state index in [1.165, 1.54) is 231 Å². The third kappa shape index (κ3) is 72.3. The fourth-order valence-electron chi connectivity index (χ4n) is 10.7. The molecule has 0 radical (unpaired) electrons. The zero-order chi connectivity index (χ0) is 64.1. The molecule has 88 heavy (non-hydrogen) atoms. The average molecular weight is 1250 g/mol. The fraction of sp³-hybridized carbons (Fsp3) is 0.795. The molecule has 0 N–H and O–H groups in total. The fourth-order valence-corrected chi connectivity index (χ4v) is 11.4. The van der Waals surface area contributed by atoms with Gasteiger partial charge in [-0.05, 0) is 89.9 Å². The Balaban J connectivity index is 3.91.